The highest BCUT2D eigenvalue weighted by Crippen LogP contribution is 2.29. The second kappa shape index (κ2) is 26.4. The van der Waals surface area contributed by atoms with Gasteiger partial charge in [0.05, 0.1) is 13.7 Å². The van der Waals surface area contributed by atoms with Crippen molar-refractivity contribution in [1.29, 1.82) is 0 Å². The van der Waals surface area contributed by atoms with Gasteiger partial charge in [-0.15, -0.1) is 0 Å². The van der Waals surface area contributed by atoms with Crippen LogP contribution in [0.25, 0.3) is 0 Å². The molecule has 7 amide bonds. The average Bonchev–Trinajstić information content (AvgIpc) is 3.36. The Bertz CT molecular complexity index is 2410. The molecule has 4 unspecified atom stereocenters. The van der Waals surface area contributed by atoms with Gasteiger partial charge in [0.15, 0.2) is 11.5 Å². The van der Waals surface area contributed by atoms with Gasteiger partial charge in [-0.1, -0.05) is 86.7 Å². The normalized spacial score (nSPS) is 23.2. The van der Waals surface area contributed by atoms with Crippen LogP contribution in [0.2, 0.25) is 0 Å². The van der Waals surface area contributed by atoms with Crippen LogP contribution in [0.5, 0.6) is 11.5 Å². The van der Waals surface area contributed by atoms with Crippen molar-refractivity contribution in [2.75, 3.05) is 33.9 Å². The number of ether oxygens (including phenoxy) is 2. The molecule has 3 aromatic rings. The Balaban J connectivity index is 1.46. The smallest absolute Gasteiger partial charge is 0.326 e. The van der Waals surface area contributed by atoms with E-state index in [1.165, 1.54) is 44.2 Å². The number of amides is 7. The molecule has 380 valence electrons. The van der Waals surface area contributed by atoms with Crippen molar-refractivity contribution in [3.63, 3.8) is 0 Å². The summed E-state index contributed by atoms with van der Waals surface area (Å²) in [5, 5.41) is 23.3. The first-order valence-corrected chi connectivity index (χ1v) is 23.8. The van der Waals surface area contributed by atoms with Crippen LogP contribution in [0.4, 0.5) is 0 Å². The minimum absolute atomic E-state index is 0.00772. The van der Waals surface area contributed by atoms with Crippen LogP contribution in [-0.4, -0.2) is 138 Å². The maximum absolute atomic E-state index is 14.2. The van der Waals surface area contributed by atoms with Crippen LogP contribution in [-0.2, 0) is 51.2 Å². The third-order valence-corrected chi connectivity index (χ3v) is 12.3. The lowest BCUT2D eigenvalue weighted by molar-refractivity contribution is -0.143. The fraction of sp³-hybridized carbons (Fsp3) is 0.442. The number of methoxy groups -OCH3 is 1. The largest absolute Gasteiger partial charge is 0.493 e. The number of aryl methyl sites for hydroxylation is 1. The van der Waals surface area contributed by atoms with Gasteiger partial charge in [0.25, 0.3) is 11.7 Å². The summed E-state index contributed by atoms with van der Waals surface area (Å²) in [5.74, 6) is -7.52. The third kappa shape index (κ3) is 15.7. The van der Waals surface area contributed by atoms with Crippen LogP contribution in [0, 0.1) is 5.92 Å². The number of nitrogens with zero attached hydrogens (tertiary/aromatic N) is 2. The van der Waals surface area contributed by atoms with Gasteiger partial charge in [-0.2, -0.15) is 0 Å². The molecule has 19 heteroatoms. The van der Waals surface area contributed by atoms with Gasteiger partial charge in [0.1, 0.15) is 42.9 Å². The number of likely N-dealkylation sites (N-methyl/N-ethyl adjacent to an activating group) is 1. The highest BCUT2D eigenvalue weighted by molar-refractivity contribution is 6.43. The van der Waals surface area contributed by atoms with Crippen molar-refractivity contribution >= 4 is 53.1 Å². The van der Waals surface area contributed by atoms with Crippen molar-refractivity contribution in [2.24, 2.45) is 5.92 Å². The number of hydrogen-bond acceptors (Lipinski definition) is 11. The Morgan fingerprint density at radius 2 is 1.45 bits per heavy atom. The summed E-state index contributed by atoms with van der Waals surface area (Å²) in [6.45, 7) is 4.29. The first-order chi connectivity index (χ1) is 34.0. The Labute approximate surface area is 413 Å². The molecular weight excluding hydrogens is 915 g/mol. The lowest BCUT2D eigenvalue weighted by atomic mass is 9.98. The summed E-state index contributed by atoms with van der Waals surface area (Å²) in [4.78, 5) is 126. The number of fused-ring (bicyclic) bond motifs is 3. The molecule has 2 heterocycles. The zero-order valence-corrected chi connectivity index (χ0v) is 40.8. The van der Waals surface area contributed by atoms with Crippen molar-refractivity contribution in [3.05, 3.63) is 108 Å². The van der Waals surface area contributed by atoms with Crippen molar-refractivity contribution in [2.45, 2.75) is 108 Å². The fourth-order valence-corrected chi connectivity index (χ4v) is 8.27. The second-order valence-corrected chi connectivity index (χ2v) is 18.0. The standard InChI is InChI=1S/C52H65N7O12/c1-32(2)44-49(65)56-39(29-35-19-11-7-12-20-35)50(66)58(4)31-43(60)54-38(52(68)69)21-13-8-16-28-71-42-30-36(24-26-41(42)70-5)45(61)51(67)59-27-15-14-22-40(59)48(64)55-37(25-23-34-17-9-6-10-18-34)47(63)53-33(3)46(62)57-44/h6-12,16-20,24,26,30,32-33,37-40,44H,13-15,21-23,25,27-29,31H2,1-5H3,(H,53,63)(H,54,60)(H,55,64)(H,56,65)(H,57,62)(H,68,69)/t33?,37-,38?,39?,40+,44?/m1/s1. The summed E-state index contributed by atoms with van der Waals surface area (Å²) >= 11 is 0. The van der Waals surface area contributed by atoms with Crippen LogP contribution in [0.1, 0.15) is 80.8 Å². The first kappa shape index (κ1) is 54.4. The number of allylic oxidation sites excluding steroid dienone is 1. The number of carboxylic acid groups (broad SMARTS) is 1. The number of nitrogens with one attached hydrogen (secondary N) is 5. The molecule has 0 saturated carbocycles. The molecule has 6 N–H and O–H groups in total. The molecule has 0 aliphatic carbocycles. The van der Waals surface area contributed by atoms with E-state index in [1.807, 2.05) is 30.3 Å². The van der Waals surface area contributed by atoms with Gasteiger partial charge in [0.2, 0.25) is 35.4 Å². The number of Topliss-reactive ketones (excluding diaryl/α,β-unsaturated/α-hetero) is 1. The molecule has 0 aromatic heterocycles. The van der Waals surface area contributed by atoms with Gasteiger partial charge < -0.3 is 51.0 Å². The average molecular weight is 980 g/mol. The molecule has 71 heavy (non-hydrogen) atoms. The number of carbonyl (C=O) groups is 9. The highest BCUT2D eigenvalue weighted by Gasteiger charge is 2.38. The Hall–Kier alpha value is -7.57. The SMILES string of the molecule is COc1ccc2cc1OCC=CCCC(C(=O)O)NC(=O)CN(C)C(=O)C(Cc1ccccc1)NC(=O)C(C(C)C)NC(=O)C(C)NC(=O)[C@@H](CCc1ccccc1)NC(=O)[C@@H]1CCCCN1C(=O)C2=O. The van der Waals surface area contributed by atoms with Crippen molar-refractivity contribution in [1.82, 2.24) is 36.4 Å². The number of piperidine rings is 1. The van der Waals surface area contributed by atoms with E-state index in [-0.39, 0.29) is 62.3 Å². The van der Waals surface area contributed by atoms with Crippen LogP contribution < -0.4 is 36.1 Å². The van der Waals surface area contributed by atoms with Gasteiger partial charge >= 0.3 is 5.97 Å². The Kier molecular flexibility index (Phi) is 20.2. The number of carboxylic acids is 1. The molecular formula is C52H65N7O12. The minimum Gasteiger partial charge on any atom is -0.493 e. The van der Waals surface area contributed by atoms with Crippen molar-refractivity contribution in [3.8, 4) is 11.5 Å². The molecule has 0 spiro atoms. The van der Waals surface area contributed by atoms with Gasteiger partial charge in [-0.25, -0.2) is 4.79 Å². The minimum atomic E-state index is -1.32. The van der Waals surface area contributed by atoms with Crippen LogP contribution in [0.15, 0.2) is 91.0 Å². The molecule has 1 saturated heterocycles. The van der Waals surface area contributed by atoms with Gasteiger partial charge in [-0.05, 0) is 87.1 Å². The maximum Gasteiger partial charge on any atom is 0.326 e. The van der Waals surface area contributed by atoms with E-state index >= 15 is 0 Å². The second-order valence-electron chi connectivity index (χ2n) is 18.0. The van der Waals surface area contributed by atoms with E-state index in [0.29, 0.717) is 24.8 Å². The predicted molar refractivity (Wildman–Crippen MR) is 261 cm³/mol. The van der Waals surface area contributed by atoms with Crippen molar-refractivity contribution < 1.29 is 57.7 Å². The molecule has 1 fully saturated rings. The third-order valence-electron chi connectivity index (χ3n) is 12.3. The molecule has 2 aliphatic rings. The quantitative estimate of drug-likeness (QED) is 0.141. The molecule has 6 atom stereocenters. The van der Waals surface area contributed by atoms with Crippen LogP contribution in [0.3, 0.4) is 0 Å². The van der Waals surface area contributed by atoms with Crippen LogP contribution >= 0.6 is 0 Å². The number of rotatable bonds is 8. The zero-order valence-electron chi connectivity index (χ0n) is 40.8. The summed E-state index contributed by atoms with van der Waals surface area (Å²) in [6.07, 6.45) is 5.18. The lowest BCUT2D eigenvalue weighted by Gasteiger charge is -2.35. The molecule has 2 bridgehead atoms. The predicted octanol–water partition coefficient (Wildman–Crippen LogP) is 2.51. The Morgan fingerprint density at radius 1 is 0.775 bits per heavy atom. The Morgan fingerprint density at radius 3 is 2.11 bits per heavy atom. The summed E-state index contributed by atoms with van der Waals surface area (Å²) in [7, 11) is 2.75. The number of hydrogen-bond donors (Lipinski definition) is 6. The molecule has 5 rings (SSSR count). The zero-order chi connectivity index (χ0) is 51.6. The molecule has 19 nitrogen and oxygen atoms in total. The number of ketones is 1. The highest BCUT2D eigenvalue weighted by atomic mass is 16.5. The van der Waals surface area contributed by atoms with E-state index < -0.39 is 102 Å². The van der Waals surface area contributed by atoms with E-state index in [2.05, 4.69) is 26.6 Å². The number of carbonyl (C=O) groups excluding carboxylic acids is 8. The van der Waals surface area contributed by atoms with E-state index in [0.717, 1.165) is 10.5 Å². The monoisotopic (exact) mass is 979 g/mol. The number of aliphatic carboxylic acids is 1. The van der Waals surface area contributed by atoms with Gasteiger partial charge in [0, 0.05) is 25.6 Å². The lowest BCUT2D eigenvalue weighted by Crippen LogP contribution is -2.60. The maximum atomic E-state index is 14.2. The summed E-state index contributed by atoms with van der Waals surface area (Å²) in [6, 6.07) is 15.0. The molecule has 0 radical (unpaired) electrons. The number of benzene rings is 3. The van der Waals surface area contributed by atoms with E-state index in [4.69, 9.17) is 9.47 Å². The van der Waals surface area contributed by atoms with E-state index in [9.17, 15) is 48.3 Å². The van der Waals surface area contributed by atoms with Gasteiger partial charge in [-0.3, -0.25) is 38.4 Å². The topological polar surface area (TPSA) is 259 Å². The fourth-order valence-electron chi connectivity index (χ4n) is 8.27. The first-order valence-electron chi connectivity index (χ1n) is 23.8. The molecule has 2 aliphatic heterocycles. The summed E-state index contributed by atoms with van der Waals surface area (Å²) < 4.78 is 11.3. The molecule has 3 aromatic carbocycles. The van der Waals surface area contributed by atoms with E-state index in [1.54, 1.807) is 56.3 Å². The summed E-state index contributed by atoms with van der Waals surface area (Å²) in [5.41, 5.74) is 1.53.